The molecule has 0 saturated carbocycles. The Bertz CT molecular complexity index is 888. The topological polar surface area (TPSA) is 65.8 Å². The Morgan fingerprint density at radius 2 is 1.88 bits per heavy atom. The van der Waals surface area contributed by atoms with Gasteiger partial charge in [0.15, 0.2) is 0 Å². The number of aryl methyl sites for hydroxylation is 2. The summed E-state index contributed by atoms with van der Waals surface area (Å²) in [6, 6.07) is 7.88. The molecule has 0 atom stereocenters. The fourth-order valence-electron chi connectivity index (χ4n) is 2.78. The van der Waals surface area contributed by atoms with Crippen molar-refractivity contribution < 1.29 is 4.79 Å². The molecule has 1 aromatic carbocycles. The Hall–Kier alpha value is -0.880. The maximum absolute atomic E-state index is 12.4. The van der Waals surface area contributed by atoms with Gasteiger partial charge in [-0.1, -0.05) is 27.7 Å². The van der Waals surface area contributed by atoms with Gasteiger partial charge < -0.3 is 5.32 Å². The number of rotatable bonds is 4. The van der Waals surface area contributed by atoms with Crippen molar-refractivity contribution in [2.45, 2.75) is 30.7 Å². The predicted octanol–water partition coefficient (Wildman–Crippen LogP) is 5.85. The Morgan fingerprint density at radius 1 is 1.19 bits per heavy atom. The number of thioether (sulfide) groups is 1. The van der Waals surface area contributed by atoms with E-state index >= 15 is 0 Å². The van der Waals surface area contributed by atoms with Gasteiger partial charge in [-0.3, -0.25) is 4.79 Å². The highest BCUT2D eigenvalue weighted by Gasteiger charge is 2.17. The molecule has 1 heterocycles. The highest BCUT2D eigenvalue weighted by Crippen LogP contribution is 2.34. The third kappa shape index (κ3) is 4.69. The first kappa shape index (κ1) is 19.9. The van der Waals surface area contributed by atoms with E-state index in [1.54, 1.807) is 0 Å². The fraction of sp³-hybridized carbons (Fsp3) is 0.278. The van der Waals surface area contributed by atoms with Crippen LogP contribution in [0.2, 0.25) is 0 Å². The average molecular weight is 560 g/mol. The largest absolute Gasteiger partial charge is 0.323 e. The number of nitriles is 1. The van der Waals surface area contributed by atoms with Gasteiger partial charge in [-0.25, -0.2) is 4.98 Å². The van der Waals surface area contributed by atoms with Gasteiger partial charge in [0.05, 0.1) is 17.0 Å². The number of pyridine rings is 1. The zero-order chi connectivity index (χ0) is 18.7. The number of nitrogens with zero attached hydrogens (tertiary/aromatic N) is 2. The van der Waals surface area contributed by atoms with Crippen LogP contribution >= 0.6 is 59.6 Å². The molecule has 4 nitrogen and oxygen atoms in total. The second-order valence-electron chi connectivity index (χ2n) is 5.85. The number of fused-ring (bicyclic) bond motifs is 1. The number of carbonyl (C=O) groups excluding carboxylic acids is 1. The summed E-state index contributed by atoms with van der Waals surface area (Å²) in [4.78, 5) is 17.0. The zero-order valence-electron chi connectivity index (χ0n) is 13.6. The summed E-state index contributed by atoms with van der Waals surface area (Å²) in [7, 11) is 0. The van der Waals surface area contributed by atoms with E-state index in [2.05, 4.69) is 64.2 Å². The highest BCUT2D eigenvalue weighted by atomic mass is 79.9. The molecule has 1 aliphatic carbocycles. The van der Waals surface area contributed by atoms with Crippen LogP contribution in [0.4, 0.5) is 5.69 Å². The van der Waals surface area contributed by atoms with Crippen molar-refractivity contribution >= 4 is 71.1 Å². The number of halogens is 3. The van der Waals surface area contributed by atoms with Crippen molar-refractivity contribution in [1.29, 1.82) is 5.26 Å². The number of hydrogen-bond donors (Lipinski definition) is 1. The predicted molar refractivity (Wildman–Crippen MR) is 114 cm³/mol. The standard InChI is InChI=1S/C18H14Br3N3OS/c19-12-6-13(20)17(14(21)7-12)24-16(25)9-26-18-11(8-22)5-10-3-1-2-4-15(10)23-18/h5-7H,1-4,9H2,(H,24,25). The van der Waals surface area contributed by atoms with E-state index in [4.69, 9.17) is 0 Å². The van der Waals surface area contributed by atoms with Gasteiger partial charge in [-0.2, -0.15) is 5.26 Å². The number of aromatic nitrogens is 1. The molecule has 26 heavy (non-hydrogen) atoms. The summed E-state index contributed by atoms with van der Waals surface area (Å²) in [5.74, 6) is 0.0391. The lowest BCUT2D eigenvalue weighted by Crippen LogP contribution is -2.15. The zero-order valence-corrected chi connectivity index (χ0v) is 19.2. The minimum absolute atomic E-state index is 0.151. The van der Waals surface area contributed by atoms with E-state index < -0.39 is 0 Å². The van der Waals surface area contributed by atoms with E-state index in [1.165, 1.54) is 17.3 Å². The second-order valence-corrected chi connectivity index (χ2v) is 9.44. The van der Waals surface area contributed by atoms with Gasteiger partial charge in [0, 0.05) is 19.1 Å². The number of amides is 1. The molecule has 0 saturated heterocycles. The number of hydrogen-bond acceptors (Lipinski definition) is 4. The van der Waals surface area contributed by atoms with Gasteiger partial charge in [0.1, 0.15) is 11.1 Å². The SMILES string of the molecule is N#Cc1cc2c(nc1SCC(=O)Nc1c(Br)cc(Br)cc1Br)CCCC2. The van der Waals surface area contributed by atoms with E-state index in [9.17, 15) is 10.1 Å². The third-order valence-corrected chi connectivity index (χ3v) is 6.70. The molecule has 0 unspecified atom stereocenters. The van der Waals surface area contributed by atoms with Crippen LogP contribution in [0, 0.1) is 11.3 Å². The first-order valence-corrected chi connectivity index (χ1v) is 11.3. The van der Waals surface area contributed by atoms with Crippen LogP contribution < -0.4 is 5.32 Å². The lowest BCUT2D eigenvalue weighted by atomic mass is 9.95. The molecular weight excluding hydrogens is 546 g/mol. The maximum atomic E-state index is 12.4. The van der Waals surface area contributed by atoms with Crippen LogP contribution in [0.5, 0.6) is 0 Å². The van der Waals surface area contributed by atoms with E-state index in [0.29, 0.717) is 16.3 Å². The lowest BCUT2D eigenvalue weighted by molar-refractivity contribution is -0.113. The smallest absolute Gasteiger partial charge is 0.234 e. The van der Waals surface area contributed by atoms with Gasteiger partial charge in [-0.05, 0) is 81.3 Å². The molecule has 0 spiro atoms. The molecule has 2 aromatic rings. The Labute approximate surface area is 181 Å². The number of nitrogens with one attached hydrogen (secondary N) is 1. The summed E-state index contributed by atoms with van der Waals surface area (Å²) in [6.45, 7) is 0. The van der Waals surface area contributed by atoms with Crippen molar-refractivity contribution in [2.24, 2.45) is 0 Å². The molecule has 134 valence electrons. The maximum Gasteiger partial charge on any atom is 0.234 e. The normalized spacial score (nSPS) is 13.0. The molecule has 1 N–H and O–H groups in total. The first-order valence-electron chi connectivity index (χ1n) is 7.98. The van der Waals surface area contributed by atoms with Gasteiger partial charge in [0.25, 0.3) is 0 Å². The van der Waals surface area contributed by atoms with Crippen molar-refractivity contribution in [2.75, 3.05) is 11.1 Å². The quantitative estimate of drug-likeness (QED) is 0.477. The molecule has 1 aromatic heterocycles. The van der Waals surface area contributed by atoms with Gasteiger partial charge in [0.2, 0.25) is 5.91 Å². The fourth-order valence-corrected chi connectivity index (χ4v) is 6.01. The summed E-state index contributed by atoms with van der Waals surface area (Å²) in [5, 5.41) is 12.9. The van der Waals surface area contributed by atoms with Gasteiger partial charge in [-0.15, -0.1) is 0 Å². The molecular formula is C18H14Br3N3OS. The monoisotopic (exact) mass is 557 g/mol. The van der Waals surface area contributed by atoms with Crippen molar-refractivity contribution in [3.8, 4) is 6.07 Å². The van der Waals surface area contributed by atoms with Crippen LogP contribution in [-0.2, 0) is 17.6 Å². The van der Waals surface area contributed by atoms with Gasteiger partial charge >= 0.3 is 0 Å². The molecule has 0 bridgehead atoms. The lowest BCUT2D eigenvalue weighted by Gasteiger charge is -2.16. The molecule has 8 heteroatoms. The highest BCUT2D eigenvalue weighted by molar-refractivity contribution is 9.11. The van der Waals surface area contributed by atoms with Crippen LogP contribution in [0.1, 0.15) is 29.7 Å². The van der Waals surface area contributed by atoms with E-state index in [-0.39, 0.29) is 11.7 Å². The minimum atomic E-state index is -0.151. The number of benzene rings is 1. The molecule has 0 fully saturated rings. The van der Waals surface area contributed by atoms with Crippen molar-refractivity contribution in [1.82, 2.24) is 4.98 Å². The third-order valence-electron chi connectivity index (χ3n) is 4.00. The average Bonchev–Trinajstić information content (AvgIpc) is 2.62. The molecule has 1 amide bonds. The summed E-state index contributed by atoms with van der Waals surface area (Å²) < 4.78 is 2.46. The molecule has 0 aliphatic heterocycles. The van der Waals surface area contributed by atoms with Crippen molar-refractivity contribution in [3.05, 3.63) is 48.4 Å². The van der Waals surface area contributed by atoms with Crippen LogP contribution in [0.15, 0.2) is 36.6 Å². The van der Waals surface area contributed by atoms with E-state index in [0.717, 1.165) is 44.8 Å². The molecule has 0 radical (unpaired) electrons. The second kappa shape index (κ2) is 8.87. The molecule has 3 rings (SSSR count). The number of anilines is 1. The van der Waals surface area contributed by atoms with Crippen LogP contribution in [0.3, 0.4) is 0 Å². The van der Waals surface area contributed by atoms with Crippen LogP contribution in [0.25, 0.3) is 0 Å². The Kier molecular flexibility index (Phi) is 6.78. The summed E-state index contributed by atoms with van der Waals surface area (Å²) in [5.41, 5.74) is 3.47. The van der Waals surface area contributed by atoms with Crippen LogP contribution in [-0.4, -0.2) is 16.6 Å². The minimum Gasteiger partial charge on any atom is -0.323 e. The number of carbonyl (C=O) groups is 1. The summed E-state index contributed by atoms with van der Waals surface area (Å²) >= 11 is 11.6. The first-order chi connectivity index (χ1) is 12.5. The van der Waals surface area contributed by atoms with Crippen molar-refractivity contribution in [3.63, 3.8) is 0 Å². The Balaban J connectivity index is 1.71. The summed E-state index contributed by atoms with van der Waals surface area (Å²) in [6.07, 6.45) is 4.20. The Morgan fingerprint density at radius 3 is 2.58 bits per heavy atom. The molecule has 1 aliphatic rings. The van der Waals surface area contributed by atoms with E-state index in [1.807, 2.05) is 18.2 Å².